The van der Waals surface area contributed by atoms with Crippen molar-refractivity contribution in [2.75, 3.05) is 18.9 Å². The fourth-order valence-corrected chi connectivity index (χ4v) is 5.21. The van der Waals surface area contributed by atoms with Crippen LogP contribution in [0.2, 0.25) is 0 Å². The van der Waals surface area contributed by atoms with E-state index in [4.69, 9.17) is 4.52 Å². The van der Waals surface area contributed by atoms with E-state index < -0.39 is 15.9 Å². The molecule has 0 aliphatic heterocycles. The maximum atomic E-state index is 13.1. The van der Waals surface area contributed by atoms with E-state index in [9.17, 15) is 13.2 Å². The van der Waals surface area contributed by atoms with Crippen molar-refractivity contribution in [3.8, 4) is 0 Å². The summed E-state index contributed by atoms with van der Waals surface area (Å²) in [5.74, 6) is 0.952. The third kappa shape index (κ3) is 5.85. The summed E-state index contributed by atoms with van der Waals surface area (Å²) in [7, 11) is -2.39. The number of sulfonamides is 1. The molecular weight excluding hydrogens is 440 g/mol. The topological polar surface area (TPSA) is 105 Å². The number of rotatable bonds is 8. The molecular formula is C24H30N4O4S. The van der Waals surface area contributed by atoms with Crippen LogP contribution in [0.1, 0.15) is 53.7 Å². The summed E-state index contributed by atoms with van der Waals surface area (Å²) in [5.41, 5.74) is 3.87. The van der Waals surface area contributed by atoms with Gasteiger partial charge in [0.25, 0.3) is 0 Å². The van der Waals surface area contributed by atoms with E-state index in [1.54, 1.807) is 26.0 Å². The number of nitrogens with one attached hydrogen (secondary N) is 1. The molecule has 0 bridgehead atoms. The van der Waals surface area contributed by atoms with Crippen LogP contribution in [0.25, 0.3) is 0 Å². The predicted octanol–water partition coefficient (Wildman–Crippen LogP) is 3.97. The lowest BCUT2D eigenvalue weighted by atomic mass is 10.1. The number of nitrogens with zero attached hydrogens (tertiary/aromatic N) is 3. The zero-order chi connectivity index (χ0) is 24.3. The van der Waals surface area contributed by atoms with Gasteiger partial charge < -0.3 is 9.84 Å². The minimum absolute atomic E-state index is 0.171. The van der Waals surface area contributed by atoms with Crippen LogP contribution in [-0.4, -0.2) is 42.4 Å². The number of carbonyl (C=O) groups excluding carboxylic acids is 1. The van der Waals surface area contributed by atoms with Gasteiger partial charge in [-0.15, -0.1) is 0 Å². The summed E-state index contributed by atoms with van der Waals surface area (Å²) in [6.45, 7) is 9.13. The molecule has 0 radical (unpaired) electrons. The quantitative estimate of drug-likeness (QED) is 0.534. The zero-order valence-electron chi connectivity index (χ0n) is 19.8. The van der Waals surface area contributed by atoms with Crippen LogP contribution in [0.3, 0.4) is 0 Å². The Bertz CT molecular complexity index is 1220. The number of aryl methyl sites for hydroxylation is 3. The van der Waals surface area contributed by atoms with Gasteiger partial charge >= 0.3 is 0 Å². The van der Waals surface area contributed by atoms with Crippen LogP contribution in [0.15, 0.2) is 45.8 Å². The number of amides is 1. The molecule has 3 aromatic rings. The summed E-state index contributed by atoms with van der Waals surface area (Å²) in [6.07, 6.45) is 0.515. The summed E-state index contributed by atoms with van der Waals surface area (Å²) in [4.78, 5) is 17.1. The Balaban J connectivity index is 1.63. The second-order valence-corrected chi connectivity index (χ2v) is 10.6. The third-order valence-electron chi connectivity index (χ3n) is 5.22. The second kappa shape index (κ2) is 9.84. The number of likely N-dealkylation sites (N-methyl/N-ethyl adjacent to an activating group) is 1. The van der Waals surface area contributed by atoms with Crippen molar-refractivity contribution in [2.24, 2.45) is 0 Å². The second-order valence-electron chi connectivity index (χ2n) is 8.61. The molecule has 0 unspecified atom stereocenters. The lowest BCUT2D eigenvalue weighted by Gasteiger charge is -2.20. The number of hydrogen-bond donors (Lipinski definition) is 1. The largest absolute Gasteiger partial charge is 0.339 e. The first kappa shape index (κ1) is 24.6. The van der Waals surface area contributed by atoms with E-state index in [0.717, 1.165) is 15.4 Å². The van der Waals surface area contributed by atoms with Crippen LogP contribution in [0.4, 0.5) is 5.69 Å². The Labute approximate surface area is 195 Å². The van der Waals surface area contributed by atoms with E-state index in [0.29, 0.717) is 35.0 Å². The first-order valence-electron chi connectivity index (χ1n) is 10.7. The Kier molecular flexibility index (Phi) is 7.34. The predicted molar refractivity (Wildman–Crippen MR) is 127 cm³/mol. The molecule has 0 atom stereocenters. The smallest absolute Gasteiger partial charge is 0.243 e. The monoisotopic (exact) mass is 470 g/mol. The lowest BCUT2D eigenvalue weighted by Crippen LogP contribution is -2.35. The molecule has 0 saturated carbocycles. The molecule has 8 nitrogen and oxygen atoms in total. The van der Waals surface area contributed by atoms with Crippen molar-refractivity contribution < 1.29 is 17.7 Å². The van der Waals surface area contributed by atoms with Crippen LogP contribution in [0, 0.1) is 20.8 Å². The SMILES string of the molecule is Cc1cc(C)c(S(=O)(=O)N(C)CC(=O)Nc2ccc(Cc3noc(C(C)C)n3)cc2)c(C)c1. The standard InChI is InChI=1S/C24H30N4O4S/c1-15(2)24-26-21(27-32-24)13-19-7-9-20(10-8-19)25-22(29)14-28(6)33(30,31)23-17(4)11-16(3)12-18(23)5/h7-12,15H,13-14H2,1-6H3,(H,25,29). The molecule has 1 heterocycles. The van der Waals surface area contributed by atoms with Gasteiger partial charge in [0.15, 0.2) is 5.82 Å². The van der Waals surface area contributed by atoms with Gasteiger partial charge in [0.05, 0.1) is 11.4 Å². The van der Waals surface area contributed by atoms with E-state index in [1.165, 1.54) is 7.05 Å². The van der Waals surface area contributed by atoms with Crippen LogP contribution in [0.5, 0.6) is 0 Å². The number of aromatic nitrogens is 2. The van der Waals surface area contributed by atoms with Crippen molar-refractivity contribution in [3.63, 3.8) is 0 Å². The molecule has 1 amide bonds. The molecule has 33 heavy (non-hydrogen) atoms. The van der Waals surface area contributed by atoms with Gasteiger partial charge in [-0.2, -0.15) is 9.29 Å². The van der Waals surface area contributed by atoms with Crippen LogP contribution >= 0.6 is 0 Å². The van der Waals surface area contributed by atoms with E-state index in [1.807, 2.05) is 45.0 Å². The average Bonchev–Trinajstić information content (AvgIpc) is 3.17. The summed E-state index contributed by atoms with van der Waals surface area (Å²) in [5, 5.41) is 6.73. The molecule has 3 rings (SSSR count). The fourth-order valence-electron chi connectivity index (χ4n) is 3.68. The first-order valence-corrected chi connectivity index (χ1v) is 12.2. The molecule has 9 heteroatoms. The maximum absolute atomic E-state index is 13.1. The molecule has 0 fully saturated rings. The molecule has 0 aliphatic carbocycles. The van der Waals surface area contributed by atoms with Crippen molar-refractivity contribution in [1.29, 1.82) is 0 Å². The van der Waals surface area contributed by atoms with Gasteiger partial charge in [-0.3, -0.25) is 4.79 Å². The lowest BCUT2D eigenvalue weighted by molar-refractivity contribution is -0.116. The minimum Gasteiger partial charge on any atom is -0.339 e. The highest BCUT2D eigenvalue weighted by Crippen LogP contribution is 2.24. The van der Waals surface area contributed by atoms with E-state index in [2.05, 4.69) is 15.5 Å². The van der Waals surface area contributed by atoms with E-state index in [-0.39, 0.29) is 17.4 Å². The average molecular weight is 471 g/mol. The maximum Gasteiger partial charge on any atom is 0.243 e. The highest BCUT2D eigenvalue weighted by molar-refractivity contribution is 7.89. The normalized spacial score (nSPS) is 11.9. The Morgan fingerprint density at radius 3 is 2.24 bits per heavy atom. The first-order chi connectivity index (χ1) is 15.5. The molecule has 1 N–H and O–H groups in total. The van der Waals surface area contributed by atoms with Crippen molar-refractivity contribution in [1.82, 2.24) is 14.4 Å². The van der Waals surface area contributed by atoms with Crippen LogP contribution < -0.4 is 5.32 Å². The highest BCUT2D eigenvalue weighted by Gasteiger charge is 2.26. The van der Waals surface area contributed by atoms with Crippen LogP contribution in [-0.2, 0) is 21.2 Å². The minimum atomic E-state index is -3.80. The van der Waals surface area contributed by atoms with Crippen molar-refractivity contribution in [3.05, 3.63) is 70.4 Å². The number of benzene rings is 2. The molecule has 0 saturated heterocycles. The number of anilines is 1. The third-order valence-corrected chi connectivity index (χ3v) is 7.33. The molecule has 0 spiro atoms. The van der Waals surface area contributed by atoms with Gasteiger partial charge in [-0.1, -0.05) is 48.8 Å². The zero-order valence-corrected chi connectivity index (χ0v) is 20.7. The highest BCUT2D eigenvalue weighted by atomic mass is 32.2. The van der Waals surface area contributed by atoms with Crippen molar-refractivity contribution in [2.45, 2.75) is 51.9 Å². The van der Waals surface area contributed by atoms with Gasteiger partial charge in [-0.05, 0) is 49.6 Å². The summed E-state index contributed by atoms with van der Waals surface area (Å²) >= 11 is 0. The Morgan fingerprint density at radius 2 is 1.70 bits per heavy atom. The summed E-state index contributed by atoms with van der Waals surface area (Å²) in [6, 6.07) is 10.9. The molecule has 176 valence electrons. The Hall–Kier alpha value is -3.04. The molecule has 0 aliphatic rings. The summed E-state index contributed by atoms with van der Waals surface area (Å²) < 4.78 is 32.4. The number of carbonyl (C=O) groups is 1. The molecule has 1 aromatic heterocycles. The Morgan fingerprint density at radius 1 is 1.09 bits per heavy atom. The fraction of sp³-hybridized carbons (Fsp3) is 0.375. The van der Waals surface area contributed by atoms with E-state index >= 15 is 0 Å². The van der Waals surface area contributed by atoms with Gasteiger partial charge in [0.1, 0.15) is 0 Å². The van der Waals surface area contributed by atoms with Crippen molar-refractivity contribution >= 4 is 21.6 Å². The molecule has 2 aromatic carbocycles. The number of hydrogen-bond acceptors (Lipinski definition) is 6. The van der Waals surface area contributed by atoms with Gasteiger partial charge in [0, 0.05) is 25.1 Å². The van der Waals surface area contributed by atoms with Gasteiger partial charge in [-0.25, -0.2) is 8.42 Å². The van der Waals surface area contributed by atoms with Gasteiger partial charge in [0.2, 0.25) is 21.8 Å².